The van der Waals surface area contributed by atoms with E-state index in [-0.39, 0.29) is 19.0 Å². The van der Waals surface area contributed by atoms with Gasteiger partial charge in [0.05, 0.1) is 27.0 Å². The summed E-state index contributed by atoms with van der Waals surface area (Å²) in [6.45, 7) is 0.164. The molecule has 152 valence electrons. The fraction of sp³-hybridized carbons (Fsp3) is 0.273. The van der Waals surface area contributed by atoms with Crippen molar-refractivity contribution >= 4 is 17.3 Å². The third-order valence-electron chi connectivity index (χ3n) is 4.34. The molecule has 0 fully saturated rings. The van der Waals surface area contributed by atoms with Crippen molar-refractivity contribution in [2.45, 2.75) is 19.4 Å². The zero-order chi connectivity index (χ0) is 20.6. The summed E-state index contributed by atoms with van der Waals surface area (Å²) >= 11 is 1.52. The maximum absolute atomic E-state index is 12.1. The average Bonchev–Trinajstić information content (AvgIpc) is 3.25. The number of carbonyl (C=O) groups is 1. The maximum atomic E-state index is 12.1. The third kappa shape index (κ3) is 5.48. The summed E-state index contributed by atoms with van der Waals surface area (Å²) in [4.78, 5) is 16.6. The Morgan fingerprint density at radius 1 is 0.966 bits per heavy atom. The minimum absolute atomic E-state index is 0.164. The molecule has 2 aromatic carbocycles. The van der Waals surface area contributed by atoms with Gasteiger partial charge in [-0.25, -0.2) is 4.98 Å². The summed E-state index contributed by atoms with van der Waals surface area (Å²) in [6.07, 6.45) is 0.846. The van der Waals surface area contributed by atoms with Crippen molar-refractivity contribution in [1.29, 1.82) is 0 Å². The minimum atomic E-state index is -0.265. The standard InChI is InChI=1S/C22H23NO5S/c1-25-18-8-6-16(7-9-18)22-23-17(14-29-22)13-28-21(24)11-5-15-4-10-19(26-2)20(12-15)27-3/h4,6-10,12,14H,5,11,13H2,1-3H3. The Kier molecular flexibility index (Phi) is 7.08. The van der Waals surface area contributed by atoms with Crippen LogP contribution in [-0.4, -0.2) is 32.3 Å². The number of hydrogen-bond acceptors (Lipinski definition) is 7. The summed E-state index contributed by atoms with van der Waals surface area (Å²) in [6, 6.07) is 13.3. The second-order valence-electron chi connectivity index (χ2n) is 6.22. The Balaban J connectivity index is 1.50. The molecule has 0 atom stereocenters. The molecule has 0 bridgehead atoms. The van der Waals surface area contributed by atoms with Crippen LogP contribution in [0.1, 0.15) is 17.7 Å². The number of nitrogens with zero attached hydrogens (tertiary/aromatic N) is 1. The molecule has 1 aromatic heterocycles. The van der Waals surface area contributed by atoms with E-state index in [9.17, 15) is 4.79 Å². The SMILES string of the molecule is COc1ccc(-c2nc(COC(=O)CCc3ccc(OC)c(OC)c3)cs2)cc1. The van der Waals surface area contributed by atoms with Gasteiger partial charge in [-0.15, -0.1) is 11.3 Å². The molecule has 0 saturated carbocycles. The average molecular weight is 413 g/mol. The highest BCUT2D eigenvalue weighted by molar-refractivity contribution is 7.13. The van der Waals surface area contributed by atoms with Crippen molar-refractivity contribution in [2.24, 2.45) is 0 Å². The van der Waals surface area contributed by atoms with Crippen LogP contribution in [0.15, 0.2) is 47.8 Å². The quantitative estimate of drug-likeness (QED) is 0.481. The molecule has 0 saturated heterocycles. The number of ether oxygens (including phenoxy) is 4. The van der Waals surface area contributed by atoms with Gasteiger partial charge in [0.2, 0.25) is 0 Å². The van der Waals surface area contributed by atoms with Crippen LogP contribution in [-0.2, 0) is 22.6 Å². The van der Waals surface area contributed by atoms with Crippen LogP contribution in [0.3, 0.4) is 0 Å². The molecule has 0 radical (unpaired) electrons. The number of carbonyl (C=O) groups excluding carboxylic acids is 1. The molecule has 1 heterocycles. The molecule has 0 spiro atoms. The van der Waals surface area contributed by atoms with Gasteiger partial charge in [-0.3, -0.25) is 4.79 Å². The fourth-order valence-electron chi connectivity index (χ4n) is 2.75. The lowest BCUT2D eigenvalue weighted by Gasteiger charge is -2.09. The normalized spacial score (nSPS) is 10.4. The molecule has 0 amide bonds. The Labute approximate surface area is 174 Å². The van der Waals surface area contributed by atoms with Crippen molar-refractivity contribution in [1.82, 2.24) is 4.98 Å². The first-order chi connectivity index (χ1) is 14.1. The number of benzene rings is 2. The number of esters is 1. The van der Waals surface area contributed by atoms with E-state index in [1.807, 2.05) is 47.8 Å². The summed E-state index contributed by atoms with van der Waals surface area (Å²) in [5, 5.41) is 2.78. The number of aryl methyl sites for hydroxylation is 1. The van der Waals surface area contributed by atoms with E-state index in [1.54, 1.807) is 21.3 Å². The van der Waals surface area contributed by atoms with Gasteiger partial charge in [-0.1, -0.05) is 6.07 Å². The van der Waals surface area contributed by atoms with E-state index in [1.165, 1.54) is 11.3 Å². The Bertz CT molecular complexity index is 952. The Morgan fingerprint density at radius 3 is 2.41 bits per heavy atom. The molecule has 0 unspecified atom stereocenters. The first-order valence-corrected chi connectivity index (χ1v) is 9.96. The van der Waals surface area contributed by atoms with Gasteiger partial charge in [0.15, 0.2) is 11.5 Å². The molecule has 0 aliphatic heterocycles. The van der Waals surface area contributed by atoms with E-state index in [4.69, 9.17) is 18.9 Å². The zero-order valence-corrected chi connectivity index (χ0v) is 17.5. The highest BCUT2D eigenvalue weighted by Gasteiger charge is 2.10. The van der Waals surface area contributed by atoms with Crippen LogP contribution in [0.4, 0.5) is 0 Å². The van der Waals surface area contributed by atoms with Crippen molar-refractivity contribution in [2.75, 3.05) is 21.3 Å². The molecule has 0 aliphatic rings. The summed E-state index contributed by atoms with van der Waals surface area (Å²) < 4.78 is 21.0. The predicted molar refractivity (Wildman–Crippen MR) is 112 cm³/mol. The topological polar surface area (TPSA) is 66.9 Å². The van der Waals surface area contributed by atoms with Crippen molar-refractivity contribution in [3.8, 4) is 27.8 Å². The van der Waals surface area contributed by atoms with Crippen LogP contribution < -0.4 is 14.2 Å². The number of methoxy groups -OCH3 is 3. The summed E-state index contributed by atoms with van der Waals surface area (Å²) in [5.41, 5.74) is 2.72. The molecule has 29 heavy (non-hydrogen) atoms. The number of thiazole rings is 1. The first-order valence-electron chi connectivity index (χ1n) is 9.08. The fourth-order valence-corrected chi connectivity index (χ4v) is 3.56. The summed E-state index contributed by atoms with van der Waals surface area (Å²) in [5.74, 6) is 1.84. The molecule has 0 N–H and O–H groups in total. The lowest BCUT2D eigenvalue weighted by atomic mass is 10.1. The van der Waals surface area contributed by atoms with Gasteiger partial charge < -0.3 is 18.9 Å². The van der Waals surface area contributed by atoms with Crippen LogP contribution >= 0.6 is 11.3 Å². The van der Waals surface area contributed by atoms with Gasteiger partial charge in [-0.2, -0.15) is 0 Å². The second-order valence-corrected chi connectivity index (χ2v) is 7.08. The number of aromatic nitrogens is 1. The molecule has 7 heteroatoms. The lowest BCUT2D eigenvalue weighted by molar-refractivity contribution is -0.145. The second kappa shape index (κ2) is 9.93. The van der Waals surface area contributed by atoms with Crippen LogP contribution in [0.25, 0.3) is 10.6 Å². The van der Waals surface area contributed by atoms with E-state index in [2.05, 4.69) is 4.98 Å². The maximum Gasteiger partial charge on any atom is 0.306 e. The monoisotopic (exact) mass is 413 g/mol. The zero-order valence-electron chi connectivity index (χ0n) is 16.6. The van der Waals surface area contributed by atoms with E-state index < -0.39 is 0 Å². The van der Waals surface area contributed by atoms with Gasteiger partial charge >= 0.3 is 5.97 Å². The highest BCUT2D eigenvalue weighted by atomic mass is 32.1. The van der Waals surface area contributed by atoms with Crippen LogP contribution in [0.2, 0.25) is 0 Å². The molecular weight excluding hydrogens is 390 g/mol. The first kappa shape index (κ1) is 20.7. The van der Waals surface area contributed by atoms with E-state index >= 15 is 0 Å². The smallest absolute Gasteiger partial charge is 0.306 e. The van der Waals surface area contributed by atoms with E-state index in [0.29, 0.717) is 17.9 Å². The van der Waals surface area contributed by atoms with Crippen LogP contribution in [0.5, 0.6) is 17.2 Å². The van der Waals surface area contributed by atoms with Crippen molar-refractivity contribution in [3.05, 3.63) is 59.1 Å². The molecule has 6 nitrogen and oxygen atoms in total. The molecular formula is C22H23NO5S. The Morgan fingerprint density at radius 2 is 1.72 bits per heavy atom. The van der Waals surface area contributed by atoms with Gasteiger partial charge in [0, 0.05) is 17.4 Å². The number of rotatable bonds is 9. The highest BCUT2D eigenvalue weighted by Crippen LogP contribution is 2.28. The predicted octanol–water partition coefficient (Wildman–Crippen LogP) is 4.51. The van der Waals surface area contributed by atoms with Crippen molar-refractivity contribution < 1.29 is 23.7 Å². The molecule has 3 aromatic rings. The lowest BCUT2D eigenvalue weighted by Crippen LogP contribution is -2.06. The van der Waals surface area contributed by atoms with E-state index in [0.717, 1.165) is 27.6 Å². The Hall–Kier alpha value is -3.06. The van der Waals surface area contributed by atoms with Gasteiger partial charge in [0.25, 0.3) is 0 Å². The number of hydrogen-bond donors (Lipinski definition) is 0. The molecule has 0 aliphatic carbocycles. The summed E-state index contributed by atoms with van der Waals surface area (Å²) in [7, 11) is 4.81. The van der Waals surface area contributed by atoms with Crippen molar-refractivity contribution in [3.63, 3.8) is 0 Å². The van der Waals surface area contributed by atoms with Gasteiger partial charge in [-0.05, 0) is 48.4 Å². The van der Waals surface area contributed by atoms with Gasteiger partial charge in [0.1, 0.15) is 17.4 Å². The minimum Gasteiger partial charge on any atom is -0.497 e. The van der Waals surface area contributed by atoms with Crippen LogP contribution in [0, 0.1) is 0 Å². The largest absolute Gasteiger partial charge is 0.497 e. The third-order valence-corrected chi connectivity index (χ3v) is 5.28. The molecule has 3 rings (SSSR count).